The van der Waals surface area contributed by atoms with Crippen molar-refractivity contribution in [2.45, 2.75) is 39.2 Å². The van der Waals surface area contributed by atoms with Crippen LogP contribution in [0.15, 0.2) is 69.6 Å². The molecule has 4 rings (SSSR count). The summed E-state index contributed by atoms with van der Waals surface area (Å²) in [6.07, 6.45) is 1.86. The number of ether oxygens (including phenoxy) is 2. The first kappa shape index (κ1) is 26.1. The van der Waals surface area contributed by atoms with Gasteiger partial charge in [-0.1, -0.05) is 86.2 Å². The van der Waals surface area contributed by atoms with Gasteiger partial charge in [0.15, 0.2) is 4.80 Å². The van der Waals surface area contributed by atoms with E-state index in [4.69, 9.17) is 21.1 Å². The van der Waals surface area contributed by atoms with E-state index in [2.05, 4.69) is 37.9 Å². The lowest BCUT2D eigenvalue weighted by Gasteiger charge is -2.25. The van der Waals surface area contributed by atoms with Crippen molar-refractivity contribution in [2.75, 3.05) is 20.3 Å². The molecule has 1 aromatic heterocycles. The second-order valence-corrected chi connectivity index (χ2v) is 11.0. The minimum Gasteiger partial charge on any atom is -0.460 e. The molecule has 0 saturated carbocycles. The van der Waals surface area contributed by atoms with Gasteiger partial charge >= 0.3 is 5.97 Å². The molecule has 1 aliphatic heterocycles. The Hall–Kier alpha value is -3.00. The third kappa shape index (κ3) is 5.24. The number of rotatable bonds is 6. The van der Waals surface area contributed by atoms with E-state index in [0.29, 0.717) is 25.6 Å². The van der Waals surface area contributed by atoms with Crippen LogP contribution in [0.2, 0.25) is 5.02 Å². The van der Waals surface area contributed by atoms with Gasteiger partial charge in [-0.05, 0) is 41.2 Å². The van der Waals surface area contributed by atoms with Crippen LogP contribution in [0.4, 0.5) is 0 Å². The summed E-state index contributed by atoms with van der Waals surface area (Å²) in [5.74, 6) is -0.551. The number of carbonyl (C=O) groups excluding carboxylic acids is 1. The van der Waals surface area contributed by atoms with Gasteiger partial charge in [-0.15, -0.1) is 0 Å². The smallest absolute Gasteiger partial charge is 0.338 e. The second-order valence-electron chi connectivity index (χ2n) is 9.60. The zero-order chi connectivity index (χ0) is 26.0. The Kier molecular flexibility index (Phi) is 7.64. The van der Waals surface area contributed by atoms with Crippen LogP contribution in [0.25, 0.3) is 6.08 Å². The van der Waals surface area contributed by atoms with Gasteiger partial charge in [0.05, 0.1) is 22.4 Å². The first-order valence-corrected chi connectivity index (χ1v) is 12.8. The summed E-state index contributed by atoms with van der Waals surface area (Å²) in [6.45, 7) is 8.59. The number of carbonyl (C=O) groups is 1. The number of benzene rings is 2. The maximum Gasteiger partial charge on any atom is 0.338 e. The number of esters is 1. The quantitative estimate of drug-likeness (QED) is 0.354. The molecule has 188 valence electrons. The van der Waals surface area contributed by atoms with Crippen LogP contribution >= 0.6 is 22.9 Å². The van der Waals surface area contributed by atoms with Crippen molar-refractivity contribution in [3.8, 4) is 0 Å². The molecule has 0 N–H and O–H groups in total. The van der Waals surface area contributed by atoms with E-state index in [-0.39, 0.29) is 29.8 Å². The highest BCUT2D eigenvalue weighted by atomic mass is 35.5. The number of methoxy groups -OCH3 is 1. The van der Waals surface area contributed by atoms with Crippen molar-refractivity contribution in [3.63, 3.8) is 0 Å². The van der Waals surface area contributed by atoms with Crippen molar-refractivity contribution >= 4 is 35.0 Å². The lowest BCUT2D eigenvalue weighted by molar-refractivity contribution is -0.140. The third-order valence-corrected chi connectivity index (χ3v) is 7.36. The van der Waals surface area contributed by atoms with E-state index < -0.39 is 12.0 Å². The van der Waals surface area contributed by atoms with Crippen molar-refractivity contribution in [3.05, 3.63) is 101 Å². The topological polar surface area (TPSA) is 69.9 Å². The van der Waals surface area contributed by atoms with Crippen molar-refractivity contribution in [1.29, 1.82) is 0 Å². The predicted molar refractivity (Wildman–Crippen MR) is 143 cm³/mol. The zero-order valence-corrected chi connectivity index (χ0v) is 22.6. The summed E-state index contributed by atoms with van der Waals surface area (Å²) in [5, 5.41) is 0.451. The predicted octanol–water partition coefficient (Wildman–Crippen LogP) is 4.38. The average Bonchev–Trinajstić information content (AvgIpc) is 3.13. The number of fused-ring (bicyclic) bond motifs is 1. The molecular formula is C28H29ClN2O4S. The van der Waals surface area contributed by atoms with E-state index in [1.165, 1.54) is 24.0 Å². The van der Waals surface area contributed by atoms with Gasteiger partial charge in [-0.2, -0.15) is 0 Å². The molecule has 0 bridgehead atoms. The summed E-state index contributed by atoms with van der Waals surface area (Å²) >= 11 is 7.85. The minimum absolute atomic E-state index is 0.0403. The molecule has 3 aromatic rings. The summed E-state index contributed by atoms with van der Waals surface area (Å²) in [4.78, 5) is 32.0. The summed E-state index contributed by atoms with van der Waals surface area (Å²) in [7, 11) is 1.53. The highest BCUT2D eigenvalue weighted by Crippen LogP contribution is 2.34. The van der Waals surface area contributed by atoms with Crippen LogP contribution in [-0.4, -0.2) is 30.9 Å². The molecule has 2 heterocycles. The monoisotopic (exact) mass is 524 g/mol. The molecule has 2 aromatic carbocycles. The molecule has 36 heavy (non-hydrogen) atoms. The van der Waals surface area contributed by atoms with E-state index in [9.17, 15) is 9.59 Å². The molecule has 1 atom stereocenters. The van der Waals surface area contributed by atoms with Gasteiger partial charge in [-0.25, -0.2) is 9.79 Å². The van der Waals surface area contributed by atoms with Crippen LogP contribution in [0.5, 0.6) is 0 Å². The third-order valence-electron chi connectivity index (χ3n) is 6.04. The van der Waals surface area contributed by atoms with E-state index >= 15 is 0 Å². The Bertz CT molecular complexity index is 1490. The van der Waals surface area contributed by atoms with Gasteiger partial charge in [0.25, 0.3) is 5.56 Å². The zero-order valence-electron chi connectivity index (χ0n) is 21.0. The van der Waals surface area contributed by atoms with E-state index in [0.717, 1.165) is 5.56 Å². The normalized spacial score (nSPS) is 16.1. The molecular weight excluding hydrogens is 496 g/mol. The number of hydrogen-bond acceptors (Lipinski definition) is 6. The van der Waals surface area contributed by atoms with Crippen LogP contribution in [0.3, 0.4) is 0 Å². The second kappa shape index (κ2) is 10.5. The molecule has 0 amide bonds. The average molecular weight is 525 g/mol. The molecule has 0 aliphatic carbocycles. The molecule has 0 fully saturated rings. The number of aromatic nitrogens is 1. The largest absolute Gasteiger partial charge is 0.460 e. The number of nitrogens with zero attached hydrogens (tertiary/aromatic N) is 2. The van der Waals surface area contributed by atoms with Crippen LogP contribution in [0.1, 0.15) is 50.4 Å². The standard InChI is InChI=1S/C28H29ClN2O4S/c1-17-23(26(33)35-15-14-34-5)24(20-8-6-7-9-21(20)29)31-25(32)22(36-27(31)30-17)16-18-10-12-19(13-11-18)28(2,3)4/h6-13,16,24H,14-15H2,1-5H3/b22-16-/t24-/m0/s1. The van der Waals surface area contributed by atoms with Gasteiger partial charge < -0.3 is 9.47 Å². The minimum atomic E-state index is -0.754. The van der Waals surface area contributed by atoms with Crippen LogP contribution in [-0.2, 0) is 19.7 Å². The number of hydrogen-bond donors (Lipinski definition) is 0. The lowest BCUT2D eigenvalue weighted by Crippen LogP contribution is -2.40. The molecule has 1 aliphatic rings. The number of halogens is 1. The van der Waals surface area contributed by atoms with E-state index in [1.807, 2.05) is 36.4 Å². The Balaban J connectivity index is 1.86. The first-order valence-electron chi connectivity index (χ1n) is 11.7. The van der Waals surface area contributed by atoms with Gasteiger partial charge in [0, 0.05) is 12.1 Å². The van der Waals surface area contributed by atoms with Crippen molar-refractivity contribution in [1.82, 2.24) is 4.57 Å². The fourth-order valence-electron chi connectivity index (χ4n) is 4.10. The first-order chi connectivity index (χ1) is 17.1. The van der Waals surface area contributed by atoms with Crippen molar-refractivity contribution < 1.29 is 14.3 Å². The molecule has 0 radical (unpaired) electrons. The molecule has 6 nitrogen and oxygen atoms in total. The number of thiazole rings is 1. The Labute approximate surface area is 219 Å². The van der Waals surface area contributed by atoms with Gasteiger partial charge in [0.1, 0.15) is 12.6 Å². The summed E-state index contributed by atoms with van der Waals surface area (Å²) < 4.78 is 12.5. The van der Waals surface area contributed by atoms with Crippen LogP contribution < -0.4 is 14.9 Å². The maximum atomic E-state index is 13.7. The fourth-order valence-corrected chi connectivity index (χ4v) is 5.39. The van der Waals surface area contributed by atoms with Crippen molar-refractivity contribution in [2.24, 2.45) is 4.99 Å². The summed E-state index contributed by atoms with van der Waals surface area (Å²) in [6, 6.07) is 14.6. The Morgan fingerprint density at radius 1 is 1.14 bits per heavy atom. The van der Waals surface area contributed by atoms with Crippen LogP contribution in [0, 0.1) is 0 Å². The maximum absolute atomic E-state index is 13.7. The Morgan fingerprint density at radius 3 is 2.47 bits per heavy atom. The fraction of sp³-hybridized carbons (Fsp3) is 0.321. The molecule has 8 heteroatoms. The summed E-state index contributed by atoms with van der Waals surface area (Å²) in [5.41, 5.74) is 3.34. The molecule has 0 spiro atoms. The molecule has 0 unspecified atom stereocenters. The molecule has 0 saturated heterocycles. The highest BCUT2D eigenvalue weighted by Gasteiger charge is 2.34. The number of allylic oxidation sites excluding steroid dienone is 1. The Morgan fingerprint density at radius 2 is 1.83 bits per heavy atom. The lowest BCUT2D eigenvalue weighted by atomic mass is 9.87. The van der Waals surface area contributed by atoms with E-state index in [1.54, 1.807) is 17.6 Å². The van der Waals surface area contributed by atoms with Gasteiger partial charge in [0.2, 0.25) is 0 Å². The SMILES string of the molecule is COCCOC(=O)C1=C(C)N=c2s/c(=C\c3ccc(C(C)(C)C)cc3)c(=O)n2[C@H]1c1ccccc1Cl. The highest BCUT2D eigenvalue weighted by molar-refractivity contribution is 7.07. The van der Waals surface area contributed by atoms with Gasteiger partial charge in [-0.3, -0.25) is 9.36 Å².